The number of carbonyl (C=O) groups excluding carboxylic acids is 1. The Kier molecular flexibility index (Phi) is 3.38. The van der Waals surface area contributed by atoms with Crippen molar-refractivity contribution in [3.05, 3.63) is 17.6 Å². The first-order valence-electron chi connectivity index (χ1n) is 6.70. The molecule has 7 nitrogen and oxygen atoms in total. The molecule has 0 radical (unpaired) electrons. The van der Waals surface area contributed by atoms with E-state index in [1.165, 1.54) is 6.07 Å². The summed E-state index contributed by atoms with van der Waals surface area (Å²) in [5.41, 5.74) is 0.479. The van der Waals surface area contributed by atoms with Gasteiger partial charge in [0.1, 0.15) is 11.9 Å². The summed E-state index contributed by atoms with van der Waals surface area (Å²) < 4.78 is 39.2. The number of nitrogens with zero attached hydrogens (tertiary/aromatic N) is 4. The fraction of sp³-hybridized carbons (Fsp3) is 0.500. The number of rotatable bonds is 2. The van der Waals surface area contributed by atoms with E-state index in [9.17, 15) is 18.0 Å². The van der Waals surface area contributed by atoms with Crippen LogP contribution in [0.25, 0.3) is 5.78 Å². The van der Waals surface area contributed by atoms with Gasteiger partial charge < -0.3 is 10.6 Å². The first-order chi connectivity index (χ1) is 10.3. The maximum atomic E-state index is 12.7. The highest BCUT2D eigenvalue weighted by molar-refractivity contribution is 5.85. The normalized spacial score (nSPS) is 19.3. The molecule has 3 heterocycles. The molecular formula is C12H13F3N6O. The maximum absolute atomic E-state index is 12.7. The summed E-state index contributed by atoms with van der Waals surface area (Å²) in [6.07, 6.45) is -3.27. The van der Waals surface area contributed by atoms with Gasteiger partial charge in [-0.15, -0.1) is 5.10 Å². The number of amides is 1. The number of hydrogen-bond acceptors (Lipinski definition) is 5. The number of hydrogen-bond donors (Lipinski definition) is 2. The van der Waals surface area contributed by atoms with Crippen LogP contribution >= 0.6 is 0 Å². The van der Waals surface area contributed by atoms with Crippen LogP contribution in [0.4, 0.5) is 19.0 Å². The van der Waals surface area contributed by atoms with Crippen LogP contribution in [0.3, 0.4) is 0 Å². The van der Waals surface area contributed by atoms with Crippen molar-refractivity contribution in [3.63, 3.8) is 0 Å². The van der Waals surface area contributed by atoms with Crippen molar-refractivity contribution in [2.75, 3.05) is 11.9 Å². The Balaban J connectivity index is 2.01. The Morgan fingerprint density at radius 3 is 2.86 bits per heavy atom. The standard InChI is InChI=1S/C12H13F3N6O/c1-6-5-8(18-7-3-2-4-16-9(7)22)21-11(17-6)19-10(20-21)12(13,14)15/h5,7,18H,2-4H2,1H3,(H,16,22). The average molecular weight is 314 g/mol. The summed E-state index contributed by atoms with van der Waals surface area (Å²) in [6, 6.07) is 1.02. The fourth-order valence-corrected chi connectivity index (χ4v) is 2.30. The zero-order valence-electron chi connectivity index (χ0n) is 11.6. The summed E-state index contributed by atoms with van der Waals surface area (Å²) in [4.78, 5) is 19.1. The molecule has 0 spiro atoms. The van der Waals surface area contributed by atoms with Crippen molar-refractivity contribution >= 4 is 17.5 Å². The number of fused-ring (bicyclic) bond motifs is 1. The first-order valence-corrected chi connectivity index (χ1v) is 6.70. The molecule has 0 saturated carbocycles. The van der Waals surface area contributed by atoms with Crippen LogP contribution in [0.5, 0.6) is 0 Å². The Bertz CT molecular complexity index is 725. The van der Waals surface area contributed by atoms with Gasteiger partial charge in [-0.1, -0.05) is 0 Å². The molecule has 1 saturated heterocycles. The molecule has 1 fully saturated rings. The molecule has 1 atom stereocenters. The van der Waals surface area contributed by atoms with E-state index in [0.717, 1.165) is 10.9 Å². The van der Waals surface area contributed by atoms with Crippen molar-refractivity contribution in [2.24, 2.45) is 0 Å². The minimum atomic E-state index is -4.65. The third-order valence-electron chi connectivity index (χ3n) is 3.30. The second kappa shape index (κ2) is 5.11. The largest absolute Gasteiger partial charge is 0.453 e. The monoisotopic (exact) mass is 314 g/mol. The molecule has 1 aliphatic rings. The van der Waals surface area contributed by atoms with Crippen molar-refractivity contribution in [3.8, 4) is 0 Å². The lowest BCUT2D eigenvalue weighted by Gasteiger charge is -2.23. The third-order valence-corrected chi connectivity index (χ3v) is 3.30. The molecule has 10 heteroatoms. The van der Waals surface area contributed by atoms with Gasteiger partial charge in [-0.3, -0.25) is 4.79 Å². The molecule has 22 heavy (non-hydrogen) atoms. The molecule has 1 aliphatic heterocycles. The number of aryl methyl sites for hydroxylation is 1. The number of piperidine rings is 1. The average Bonchev–Trinajstić information content (AvgIpc) is 2.85. The molecule has 2 N–H and O–H groups in total. The van der Waals surface area contributed by atoms with E-state index in [-0.39, 0.29) is 17.5 Å². The predicted octanol–water partition coefficient (Wildman–Crippen LogP) is 1.14. The molecule has 0 aliphatic carbocycles. The lowest BCUT2D eigenvalue weighted by atomic mass is 10.1. The van der Waals surface area contributed by atoms with Crippen LogP contribution in [0, 0.1) is 6.92 Å². The first kappa shape index (κ1) is 14.5. The minimum Gasteiger partial charge on any atom is -0.358 e. The van der Waals surface area contributed by atoms with Gasteiger partial charge in [0.2, 0.25) is 5.91 Å². The van der Waals surface area contributed by atoms with Crippen molar-refractivity contribution in [1.29, 1.82) is 0 Å². The van der Waals surface area contributed by atoms with Gasteiger partial charge in [0.25, 0.3) is 11.6 Å². The van der Waals surface area contributed by atoms with E-state index in [2.05, 4.69) is 25.7 Å². The molecule has 0 aromatic carbocycles. The lowest BCUT2D eigenvalue weighted by molar-refractivity contribution is -0.144. The van der Waals surface area contributed by atoms with Gasteiger partial charge in [0.15, 0.2) is 0 Å². The quantitative estimate of drug-likeness (QED) is 0.868. The fourth-order valence-electron chi connectivity index (χ4n) is 2.30. The predicted molar refractivity (Wildman–Crippen MR) is 70.2 cm³/mol. The highest BCUT2D eigenvalue weighted by Crippen LogP contribution is 2.27. The zero-order chi connectivity index (χ0) is 15.9. The van der Waals surface area contributed by atoms with Crippen molar-refractivity contribution < 1.29 is 18.0 Å². The summed E-state index contributed by atoms with van der Waals surface area (Å²) in [6.45, 7) is 2.23. The van der Waals surface area contributed by atoms with Crippen molar-refractivity contribution in [2.45, 2.75) is 32.0 Å². The Morgan fingerprint density at radius 1 is 1.41 bits per heavy atom. The Morgan fingerprint density at radius 2 is 2.18 bits per heavy atom. The van der Waals surface area contributed by atoms with E-state index in [4.69, 9.17) is 0 Å². The van der Waals surface area contributed by atoms with Gasteiger partial charge in [-0.05, 0) is 19.8 Å². The SMILES string of the molecule is Cc1cc(NC2CCCNC2=O)n2nc(C(F)(F)F)nc2n1. The van der Waals surface area contributed by atoms with Crippen LogP contribution in [-0.2, 0) is 11.0 Å². The number of nitrogens with one attached hydrogen (secondary N) is 2. The number of halogens is 3. The summed E-state index contributed by atoms with van der Waals surface area (Å²) in [5, 5.41) is 9.06. The van der Waals surface area contributed by atoms with Gasteiger partial charge in [-0.2, -0.15) is 22.7 Å². The second-order valence-corrected chi connectivity index (χ2v) is 5.06. The third kappa shape index (κ3) is 2.68. The highest BCUT2D eigenvalue weighted by atomic mass is 19.4. The Hall–Kier alpha value is -2.39. The molecule has 1 amide bonds. The van der Waals surface area contributed by atoms with E-state index in [1.807, 2.05) is 0 Å². The van der Waals surface area contributed by atoms with E-state index in [0.29, 0.717) is 18.7 Å². The summed E-state index contributed by atoms with van der Waals surface area (Å²) in [7, 11) is 0. The van der Waals surface area contributed by atoms with Crippen LogP contribution < -0.4 is 10.6 Å². The number of anilines is 1. The summed E-state index contributed by atoms with van der Waals surface area (Å²) >= 11 is 0. The van der Waals surface area contributed by atoms with Gasteiger partial charge >= 0.3 is 6.18 Å². The highest BCUT2D eigenvalue weighted by Gasteiger charge is 2.37. The molecule has 2 aromatic heterocycles. The topological polar surface area (TPSA) is 84.2 Å². The van der Waals surface area contributed by atoms with Crippen LogP contribution in [-0.4, -0.2) is 38.1 Å². The lowest BCUT2D eigenvalue weighted by Crippen LogP contribution is -2.44. The molecular weight excluding hydrogens is 301 g/mol. The van der Waals surface area contributed by atoms with Gasteiger partial charge in [0, 0.05) is 18.3 Å². The number of aromatic nitrogens is 4. The second-order valence-electron chi connectivity index (χ2n) is 5.06. The number of alkyl halides is 3. The smallest absolute Gasteiger partial charge is 0.358 e. The zero-order valence-corrected chi connectivity index (χ0v) is 11.6. The maximum Gasteiger partial charge on any atom is 0.453 e. The Labute approximate surface area is 122 Å². The van der Waals surface area contributed by atoms with Crippen LogP contribution in [0.2, 0.25) is 0 Å². The van der Waals surface area contributed by atoms with E-state index >= 15 is 0 Å². The molecule has 1 unspecified atom stereocenters. The van der Waals surface area contributed by atoms with Gasteiger partial charge in [0.05, 0.1) is 0 Å². The molecule has 0 bridgehead atoms. The van der Waals surface area contributed by atoms with E-state index in [1.54, 1.807) is 6.92 Å². The minimum absolute atomic E-state index is 0.161. The van der Waals surface area contributed by atoms with Crippen LogP contribution in [0.15, 0.2) is 6.07 Å². The van der Waals surface area contributed by atoms with E-state index < -0.39 is 18.0 Å². The van der Waals surface area contributed by atoms with Crippen LogP contribution in [0.1, 0.15) is 24.4 Å². The van der Waals surface area contributed by atoms with Gasteiger partial charge in [-0.25, -0.2) is 4.98 Å². The number of carbonyl (C=O) groups is 1. The molecule has 3 rings (SSSR count). The summed E-state index contributed by atoms with van der Waals surface area (Å²) in [5.74, 6) is -1.36. The van der Waals surface area contributed by atoms with Crippen molar-refractivity contribution in [1.82, 2.24) is 24.9 Å². The molecule has 2 aromatic rings. The molecule has 118 valence electrons.